The lowest BCUT2D eigenvalue weighted by atomic mass is 9.76. The molecular weight excluding hydrogens is 224 g/mol. The molecule has 0 aliphatic heterocycles. The molecule has 2 aliphatic carbocycles. The van der Waals surface area contributed by atoms with Crippen molar-refractivity contribution in [3.8, 4) is 0 Å². The number of rotatable bonds is 2. The maximum atomic E-state index is 12.4. The van der Waals surface area contributed by atoms with Crippen LogP contribution in [0.25, 0.3) is 0 Å². The van der Waals surface area contributed by atoms with Gasteiger partial charge in [0.05, 0.1) is 5.54 Å². The maximum absolute atomic E-state index is 12.4. The highest BCUT2D eigenvalue weighted by molar-refractivity contribution is 5.86. The Kier molecular flexibility index (Phi) is 4.31. The molecule has 18 heavy (non-hydrogen) atoms. The lowest BCUT2D eigenvalue weighted by Gasteiger charge is -2.37. The van der Waals surface area contributed by atoms with Crippen LogP contribution in [0.1, 0.15) is 65.2 Å². The van der Waals surface area contributed by atoms with Crippen molar-refractivity contribution in [3.63, 3.8) is 0 Å². The van der Waals surface area contributed by atoms with Crippen LogP contribution in [-0.2, 0) is 4.79 Å². The molecule has 0 bridgehead atoms. The van der Waals surface area contributed by atoms with Gasteiger partial charge < -0.3 is 11.1 Å². The molecule has 3 heteroatoms. The SMILES string of the molecule is CC1CCCC(NC(=O)C2(N)CCCC(C)C2)C1. The Bertz CT molecular complexity index is 305. The van der Waals surface area contributed by atoms with Crippen molar-refractivity contribution in [1.82, 2.24) is 5.32 Å². The third kappa shape index (κ3) is 3.25. The van der Waals surface area contributed by atoms with Crippen LogP contribution in [0.5, 0.6) is 0 Å². The molecule has 0 radical (unpaired) electrons. The molecule has 0 aromatic heterocycles. The van der Waals surface area contributed by atoms with Gasteiger partial charge in [0.1, 0.15) is 0 Å². The van der Waals surface area contributed by atoms with E-state index in [9.17, 15) is 4.79 Å². The van der Waals surface area contributed by atoms with E-state index in [1.54, 1.807) is 0 Å². The Morgan fingerprint density at radius 1 is 1.17 bits per heavy atom. The van der Waals surface area contributed by atoms with Crippen molar-refractivity contribution >= 4 is 5.91 Å². The lowest BCUT2D eigenvalue weighted by molar-refractivity contribution is -0.129. The zero-order valence-corrected chi connectivity index (χ0v) is 11.9. The molecule has 2 rings (SSSR count). The molecule has 4 atom stereocenters. The number of nitrogens with one attached hydrogen (secondary N) is 1. The van der Waals surface area contributed by atoms with Gasteiger partial charge in [-0.15, -0.1) is 0 Å². The highest BCUT2D eigenvalue weighted by Gasteiger charge is 2.38. The van der Waals surface area contributed by atoms with Crippen LogP contribution >= 0.6 is 0 Å². The van der Waals surface area contributed by atoms with E-state index in [2.05, 4.69) is 19.2 Å². The predicted molar refractivity (Wildman–Crippen MR) is 74.1 cm³/mol. The first kappa shape index (κ1) is 13.9. The molecule has 2 aliphatic rings. The van der Waals surface area contributed by atoms with Crippen LogP contribution in [0.3, 0.4) is 0 Å². The fourth-order valence-corrected chi connectivity index (χ4v) is 3.69. The van der Waals surface area contributed by atoms with Crippen molar-refractivity contribution in [2.75, 3.05) is 0 Å². The van der Waals surface area contributed by atoms with Crippen LogP contribution in [0.15, 0.2) is 0 Å². The average Bonchev–Trinajstić information content (AvgIpc) is 2.28. The first-order valence-electron chi connectivity index (χ1n) is 7.59. The number of hydrogen-bond acceptors (Lipinski definition) is 2. The molecule has 4 unspecified atom stereocenters. The van der Waals surface area contributed by atoms with Gasteiger partial charge in [-0.25, -0.2) is 0 Å². The smallest absolute Gasteiger partial charge is 0.240 e. The fourth-order valence-electron chi connectivity index (χ4n) is 3.69. The third-order valence-electron chi connectivity index (χ3n) is 4.76. The third-order valence-corrected chi connectivity index (χ3v) is 4.76. The maximum Gasteiger partial charge on any atom is 0.240 e. The van der Waals surface area contributed by atoms with E-state index in [1.807, 2.05) is 0 Å². The monoisotopic (exact) mass is 252 g/mol. The van der Waals surface area contributed by atoms with E-state index in [-0.39, 0.29) is 5.91 Å². The van der Waals surface area contributed by atoms with E-state index in [1.165, 1.54) is 19.3 Å². The van der Waals surface area contributed by atoms with Crippen LogP contribution < -0.4 is 11.1 Å². The summed E-state index contributed by atoms with van der Waals surface area (Å²) in [5, 5.41) is 3.22. The molecule has 0 saturated heterocycles. The molecule has 2 saturated carbocycles. The molecular formula is C15H28N2O. The number of hydrogen-bond donors (Lipinski definition) is 2. The molecule has 0 aromatic rings. The summed E-state index contributed by atoms with van der Waals surface area (Å²) in [6.07, 6.45) is 8.79. The van der Waals surface area contributed by atoms with Crippen molar-refractivity contribution in [2.45, 2.75) is 76.8 Å². The highest BCUT2D eigenvalue weighted by Crippen LogP contribution is 2.31. The number of nitrogens with two attached hydrogens (primary N) is 1. The summed E-state index contributed by atoms with van der Waals surface area (Å²) in [5.41, 5.74) is 5.73. The Labute approximate surface area is 111 Å². The van der Waals surface area contributed by atoms with Gasteiger partial charge >= 0.3 is 0 Å². The summed E-state index contributed by atoms with van der Waals surface area (Å²) in [5.74, 6) is 1.43. The Morgan fingerprint density at radius 3 is 2.56 bits per heavy atom. The van der Waals surface area contributed by atoms with Gasteiger partial charge in [-0.2, -0.15) is 0 Å². The van der Waals surface area contributed by atoms with Crippen LogP contribution in [0.2, 0.25) is 0 Å². The molecule has 0 heterocycles. The molecule has 0 spiro atoms. The largest absolute Gasteiger partial charge is 0.352 e. The summed E-state index contributed by atoms with van der Waals surface area (Å²) in [4.78, 5) is 12.4. The highest BCUT2D eigenvalue weighted by atomic mass is 16.2. The lowest BCUT2D eigenvalue weighted by Crippen LogP contribution is -2.58. The second-order valence-corrected chi connectivity index (χ2v) is 6.80. The quantitative estimate of drug-likeness (QED) is 0.793. The first-order valence-corrected chi connectivity index (χ1v) is 7.59. The van der Waals surface area contributed by atoms with Gasteiger partial charge in [-0.1, -0.05) is 39.5 Å². The van der Waals surface area contributed by atoms with Crippen LogP contribution in [0, 0.1) is 11.8 Å². The minimum Gasteiger partial charge on any atom is -0.352 e. The van der Waals surface area contributed by atoms with Crippen molar-refractivity contribution in [2.24, 2.45) is 17.6 Å². The van der Waals surface area contributed by atoms with E-state index >= 15 is 0 Å². The molecule has 0 aromatic carbocycles. The van der Waals surface area contributed by atoms with Gasteiger partial charge in [0.2, 0.25) is 5.91 Å². The number of carbonyl (C=O) groups is 1. The summed E-state index contributed by atoms with van der Waals surface area (Å²) in [7, 11) is 0. The Hall–Kier alpha value is -0.570. The second-order valence-electron chi connectivity index (χ2n) is 6.80. The van der Waals surface area contributed by atoms with E-state index in [0.717, 1.165) is 38.0 Å². The van der Waals surface area contributed by atoms with E-state index < -0.39 is 5.54 Å². The number of carbonyl (C=O) groups excluding carboxylic acids is 1. The minimum atomic E-state index is -0.599. The van der Waals surface area contributed by atoms with Gasteiger partial charge in [0.15, 0.2) is 0 Å². The van der Waals surface area contributed by atoms with E-state index in [4.69, 9.17) is 5.73 Å². The topological polar surface area (TPSA) is 55.1 Å². The molecule has 2 fully saturated rings. The first-order chi connectivity index (χ1) is 8.49. The molecule has 3 nitrogen and oxygen atoms in total. The molecule has 104 valence electrons. The van der Waals surface area contributed by atoms with Gasteiger partial charge in [0, 0.05) is 6.04 Å². The summed E-state index contributed by atoms with van der Waals surface area (Å²) >= 11 is 0. The molecule has 3 N–H and O–H groups in total. The van der Waals surface area contributed by atoms with E-state index in [0.29, 0.717) is 12.0 Å². The van der Waals surface area contributed by atoms with Gasteiger partial charge in [0.25, 0.3) is 0 Å². The van der Waals surface area contributed by atoms with Crippen molar-refractivity contribution in [1.29, 1.82) is 0 Å². The Balaban J connectivity index is 1.90. The van der Waals surface area contributed by atoms with Crippen LogP contribution in [-0.4, -0.2) is 17.5 Å². The predicted octanol–water partition coefficient (Wildman–Crippen LogP) is 2.59. The van der Waals surface area contributed by atoms with Gasteiger partial charge in [-0.3, -0.25) is 4.79 Å². The summed E-state index contributed by atoms with van der Waals surface area (Å²) in [6.45, 7) is 4.48. The van der Waals surface area contributed by atoms with Crippen molar-refractivity contribution < 1.29 is 4.79 Å². The fraction of sp³-hybridized carbons (Fsp3) is 0.933. The average molecular weight is 252 g/mol. The second kappa shape index (κ2) is 5.60. The Morgan fingerprint density at radius 2 is 1.89 bits per heavy atom. The summed E-state index contributed by atoms with van der Waals surface area (Å²) < 4.78 is 0. The number of amides is 1. The van der Waals surface area contributed by atoms with Crippen molar-refractivity contribution in [3.05, 3.63) is 0 Å². The zero-order valence-electron chi connectivity index (χ0n) is 11.9. The van der Waals surface area contributed by atoms with Gasteiger partial charge in [-0.05, 0) is 37.5 Å². The standard InChI is InChI=1S/C15H28N2O/c1-11-5-3-7-13(9-11)17-14(18)15(16)8-4-6-12(2)10-15/h11-13H,3-10,16H2,1-2H3,(H,17,18). The normalized spacial score (nSPS) is 41.4. The summed E-state index contributed by atoms with van der Waals surface area (Å²) in [6, 6.07) is 0.360. The van der Waals surface area contributed by atoms with Crippen LogP contribution in [0.4, 0.5) is 0 Å². The minimum absolute atomic E-state index is 0.105. The molecule has 1 amide bonds. The zero-order chi connectivity index (χ0) is 13.2.